The normalized spacial score (nSPS) is 11.9. The first-order chi connectivity index (χ1) is 9.10. The van der Waals surface area contributed by atoms with Crippen molar-refractivity contribution in [2.75, 3.05) is 0 Å². The SMILES string of the molecule is CCCC/C=C(\CCCC)c1cc(C)n(C)c(=O)c1. The number of hydrogen-bond donors (Lipinski definition) is 0. The summed E-state index contributed by atoms with van der Waals surface area (Å²) < 4.78 is 1.70. The Morgan fingerprint density at radius 1 is 1.21 bits per heavy atom. The zero-order valence-corrected chi connectivity index (χ0v) is 12.8. The van der Waals surface area contributed by atoms with Crippen LogP contribution in [0.2, 0.25) is 0 Å². The topological polar surface area (TPSA) is 22.0 Å². The standard InChI is InChI=1S/C17H27NO/c1-5-7-9-11-15(10-8-6-2)16-12-14(3)18(4)17(19)13-16/h11-13H,5-10H2,1-4H3/b15-11+. The summed E-state index contributed by atoms with van der Waals surface area (Å²) in [5, 5.41) is 0. The highest BCUT2D eigenvalue weighted by molar-refractivity contribution is 5.65. The molecular formula is C17H27NO. The molecule has 0 aliphatic rings. The van der Waals surface area contributed by atoms with Crippen LogP contribution < -0.4 is 5.56 Å². The molecule has 0 amide bonds. The molecule has 19 heavy (non-hydrogen) atoms. The zero-order chi connectivity index (χ0) is 14.3. The summed E-state index contributed by atoms with van der Waals surface area (Å²) in [6.45, 7) is 6.41. The largest absolute Gasteiger partial charge is 0.316 e. The van der Waals surface area contributed by atoms with Crippen LogP contribution in [-0.2, 0) is 7.05 Å². The number of nitrogens with zero attached hydrogens (tertiary/aromatic N) is 1. The molecule has 0 spiro atoms. The first-order valence-corrected chi connectivity index (χ1v) is 7.47. The fraction of sp³-hybridized carbons (Fsp3) is 0.588. The second-order valence-electron chi connectivity index (χ2n) is 5.26. The molecule has 1 aromatic heterocycles. The molecule has 0 radical (unpaired) electrons. The molecule has 0 atom stereocenters. The van der Waals surface area contributed by atoms with Gasteiger partial charge in [-0.15, -0.1) is 0 Å². The minimum Gasteiger partial charge on any atom is -0.316 e. The highest BCUT2D eigenvalue weighted by Crippen LogP contribution is 2.21. The second-order valence-corrected chi connectivity index (χ2v) is 5.26. The molecule has 0 unspecified atom stereocenters. The van der Waals surface area contributed by atoms with Crippen LogP contribution >= 0.6 is 0 Å². The van der Waals surface area contributed by atoms with Gasteiger partial charge >= 0.3 is 0 Å². The Hall–Kier alpha value is -1.31. The van der Waals surface area contributed by atoms with Crippen molar-refractivity contribution in [3.8, 4) is 0 Å². The molecule has 0 bridgehead atoms. The van der Waals surface area contributed by atoms with Crippen molar-refractivity contribution in [2.45, 2.75) is 59.3 Å². The van der Waals surface area contributed by atoms with Crippen LogP contribution in [0.4, 0.5) is 0 Å². The van der Waals surface area contributed by atoms with Gasteiger partial charge in [-0.3, -0.25) is 4.79 Å². The minimum absolute atomic E-state index is 0.0906. The maximum absolute atomic E-state index is 11.9. The van der Waals surface area contributed by atoms with Crippen molar-refractivity contribution in [1.29, 1.82) is 0 Å². The molecule has 0 fully saturated rings. The molecule has 1 heterocycles. The van der Waals surface area contributed by atoms with Gasteiger partial charge in [-0.1, -0.05) is 39.2 Å². The Morgan fingerprint density at radius 2 is 1.89 bits per heavy atom. The summed E-state index contributed by atoms with van der Waals surface area (Å²) in [7, 11) is 1.83. The van der Waals surface area contributed by atoms with Gasteiger partial charge in [-0.05, 0) is 43.4 Å². The highest BCUT2D eigenvalue weighted by Gasteiger charge is 2.05. The number of aryl methyl sites for hydroxylation is 1. The van der Waals surface area contributed by atoms with Crippen LogP contribution in [-0.4, -0.2) is 4.57 Å². The fourth-order valence-corrected chi connectivity index (χ4v) is 2.16. The van der Waals surface area contributed by atoms with Gasteiger partial charge in [0.25, 0.3) is 5.56 Å². The third-order valence-electron chi connectivity index (χ3n) is 3.62. The minimum atomic E-state index is 0.0906. The fourth-order valence-electron chi connectivity index (χ4n) is 2.16. The Labute approximate surface area is 117 Å². The van der Waals surface area contributed by atoms with Crippen molar-refractivity contribution in [3.05, 3.63) is 39.8 Å². The number of pyridine rings is 1. The summed E-state index contributed by atoms with van der Waals surface area (Å²) in [4.78, 5) is 11.9. The maximum atomic E-state index is 11.9. The van der Waals surface area contributed by atoms with E-state index in [-0.39, 0.29) is 5.56 Å². The van der Waals surface area contributed by atoms with E-state index in [0.717, 1.165) is 24.1 Å². The number of rotatable bonds is 7. The zero-order valence-electron chi connectivity index (χ0n) is 12.8. The lowest BCUT2D eigenvalue weighted by atomic mass is 9.98. The van der Waals surface area contributed by atoms with Crippen LogP contribution in [0.25, 0.3) is 5.57 Å². The number of unbranched alkanes of at least 4 members (excludes halogenated alkanes) is 3. The average Bonchev–Trinajstić information content (AvgIpc) is 2.39. The number of aromatic nitrogens is 1. The monoisotopic (exact) mass is 261 g/mol. The van der Waals surface area contributed by atoms with Crippen molar-refractivity contribution in [1.82, 2.24) is 4.57 Å². The van der Waals surface area contributed by atoms with E-state index in [2.05, 4.69) is 26.0 Å². The molecule has 0 saturated heterocycles. The van der Waals surface area contributed by atoms with Crippen LogP contribution in [0.3, 0.4) is 0 Å². The number of hydrogen-bond acceptors (Lipinski definition) is 1. The lowest BCUT2D eigenvalue weighted by molar-refractivity contribution is 0.795. The summed E-state index contributed by atoms with van der Waals surface area (Å²) in [5.74, 6) is 0. The lowest BCUT2D eigenvalue weighted by Gasteiger charge is -2.11. The van der Waals surface area contributed by atoms with E-state index >= 15 is 0 Å². The van der Waals surface area contributed by atoms with E-state index < -0.39 is 0 Å². The molecule has 1 aromatic rings. The molecule has 0 saturated carbocycles. The Bertz CT molecular complexity index is 483. The van der Waals surface area contributed by atoms with E-state index in [1.807, 2.05) is 14.0 Å². The summed E-state index contributed by atoms with van der Waals surface area (Å²) >= 11 is 0. The smallest absolute Gasteiger partial charge is 0.251 e. The van der Waals surface area contributed by atoms with Crippen LogP contribution in [0.1, 0.15) is 63.6 Å². The Balaban J connectivity index is 3.02. The first kappa shape index (κ1) is 15.7. The summed E-state index contributed by atoms with van der Waals surface area (Å²) in [6, 6.07) is 3.91. The number of allylic oxidation sites excluding steroid dienone is 2. The van der Waals surface area contributed by atoms with Crippen LogP contribution in [0.5, 0.6) is 0 Å². The van der Waals surface area contributed by atoms with Gasteiger partial charge in [0.15, 0.2) is 0 Å². The van der Waals surface area contributed by atoms with Crippen molar-refractivity contribution in [3.63, 3.8) is 0 Å². The third kappa shape index (κ3) is 4.70. The van der Waals surface area contributed by atoms with Crippen molar-refractivity contribution >= 4 is 5.57 Å². The van der Waals surface area contributed by atoms with Crippen LogP contribution in [0, 0.1) is 6.92 Å². The maximum Gasteiger partial charge on any atom is 0.251 e. The van der Waals surface area contributed by atoms with Gasteiger partial charge in [0.05, 0.1) is 0 Å². The van der Waals surface area contributed by atoms with Gasteiger partial charge in [-0.25, -0.2) is 0 Å². The van der Waals surface area contributed by atoms with E-state index in [9.17, 15) is 4.79 Å². The van der Waals surface area contributed by atoms with Gasteiger partial charge in [0.1, 0.15) is 0 Å². The van der Waals surface area contributed by atoms with Gasteiger partial charge < -0.3 is 4.57 Å². The second kappa shape index (κ2) is 7.98. The summed E-state index contributed by atoms with van der Waals surface area (Å²) in [6.07, 6.45) is 9.33. The molecule has 0 N–H and O–H groups in total. The van der Waals surface area contributed by atoms with Crippen molar-refractivity contribution < 1.29 is 0 Å². The summed E-state index contributed by atoms with van der Waals surface area (Å²) in [5.41, 5.74) is 3.58. The van der Waals surface area contributed by atoms with E-state index in [0.29, 0.717) is 0 Å². The van der Waals surface area contributed by atoms with Gasteiger partial charge in [0, 0.05) is 18.8 Å². The van der Waals surface area contributed by atoms with E-state index in [4.69, 9.17) is 0 Å². The predicted octanol–water partition coefficient (Wildman–Crippen LogP) is 4.46. The first-order valence-electron chi connectivity index (χ1n) is 7.47. The molecule has 2 heteroatoms. The molecule has 0 aliphatic carbocycles. The third-order valence-corrected chi connectivity index (χ3v) is 3.62. The van der Waals surface area contributed by atoms with E-state index in [1.54, 1.807) is 10.6 Å². The van der Waals surface area contributed by atoms with Crippen LogP contribution in [0.15, 0.2) is 23.0 Å². The van der Waals surface area contributed by atoms with Gasteiger partial charge in [0.2, 0.25) is 0 Å². The Morgan fingerprint density at radius 3 is 2.47 bits per heavy atom. The molecule has 1 rings (SSSR count). The molecule has 0 aromatic carbocycles. The molecule has 2 nitrogen and oxygen atoms in total. The van der Waals surface area contributed by atoms with Crippen molar-refractivity contribution in [2.24, 2.45) is 7.05 Å². The lowest BCUT2D eigenvalue weighted by Crippen LogP contribution is -2.18. The molecule has 0 aliphatic heterocycles. The molecular weight excluding hydrogens is 234 g/mol. The average molecular weight is 261 g/mol. The molecule has 106 valence electrons. The highest BCUT2D eigenvalue weighted by atomic mass is 16.1. The quantitative estimate of drug-likeness (QED) is 0.664. The van der Waals surface area contributed by atoms with E-state index in [1.165, 1.54) is 31.3 Å². The predicted molar refractivity (Wildman–Crippen MR) is 83.4 cm³/mol. The van der Waals surface area contributed by atoms with Gasteiger partial charge in [-0.2, -0.15) is 0 Å². The Kier molecular flexibility index (Phi) is 6.61.